The quantitative estimate of drug-likeness (QED) is 0.685. The molecule has 0 atom stereocenters. The topological polar surface area (TPSA) is 90.5 Å². The van der Waals surface area contributed by atoms with E-state index in [0.717, 1.165) is 11.4 Å². The predicted octanol–water partition coefficient (Wildman–Crippen LogP) is 3.31. The lowest BCUT2D eigenvalue weighted by molar-refractivity contribution is -0.119. The number of anilines is 4. The number of carbonyl (C=O) groups excluding carboxylic acids is 3. The maximum absolute atomic E-state index is 12.2. The molecular formula is C21H26N4O3. The highest BCUT2D eigenvalue weighted by molar-refractivity contribution is 5.96. The van der Waals surface area contributed by atoms with E-state index in [1.54, 1.807) is 36.2 Å². The Bertz CT molecular complexity index is 847. The van der Waals surface area contributed by atoms with Crippen LogP contribution in [0.5, 0.6) is 0 Å². The van der Waals surface area contributed by atoms with Crippen molar-refractivity contribution in [2.24, 2.45) is 5.92 Å². The summed E-state index contributed by atoms with van der Waals surface area (Å²) in [7, 11) is 1.70. The van der Waals surface area contributed by atoms with Gasteiger partial charge < -0.3 is 20.9 Å². The zero-order valence-electron chi connectivity index (χ0n) is 16.6. The summed E-state index contributed by atoms with van der Waals surface area (Å²) in [5.74, 6) is -0.461. The number of nitrogens with one attached hydrogen (secondary N) is 3. The summed E-state index contributed by atoms with van der Waals surface area (Å²) in [6, 6.07) is 14.2. The van der Waals surface area contributed by atoms with Gasteiger partial charge in [0.25, 0.3) is 0 Å². The molecule has 2 rings (SSSR count). The molecule has 2 aromatic carbocycles. The van der Waals surface area contributed by atoms with E-state index >= 15 is 0 Å². The summed E-state index contributed by atoms with van der Waals surface area (Å²) in [5, 5.41) is 8.63. The standard InChI is InChI=1S/C21H26N4O3/c1-14(2)21(28)24-18-7-5-6-17(12-18)23-20(27)13-22-16-8-10-19(11-9-16)25(4)15(3)26/h5-12,14,22H,13H2,1-4H3,(H,23,27)(H,24,28). The Morgan fingerprint density at radius 1 is 0.929 bits per heavy atom. The average molecular weight is 382 g/mol. The van der Waals surface area contributed by atoms with Crippen molar-refractivity contribution >= 4 is 40.5 Å². The van der Waals surface area contributed by atoms with Crippen molar-refractivity contribution in [1.29, 1.82) is 0 Å². The van der Waals surface area contributed by atoms with Crippen LogP contribution in [0, 0.1) is 5.92 Å². The zero-order valence-corrected chi connectivity index (χ0v) is 16.6. The number of nitrogens with zero attached hydrogens (tertiary/aromatic N) is 1. The summed E-state index contributed by atoms with van der Waals surface area (Å²) in [6.07, 6.45) is 0. The fourth-order valence-corrected chi connectivity index (χ4v) is 2.33. The molecule has 3 N–H and O–H groups in total. The molecule has 148 valence electrons. The Kier molecular flexibility index (Phi) is 7.14. The minimum Gasteiger partial charge on any atom is -0.376 e. The number of carbonyl (C=O) groups is 3. The lowest BCUT2D eigenvalue weighted by Gasteiger charge is -2.15. The number of benzene rings is 2. The number of amides is 3. The molecule has 0 heterocycles. The van der Waals surface area contributed by atoms with Gasteiger partial charge in [0.2, 0.25) is 17.7 Å². The molecule has 7 heteroatoms. The SMILES string of the molecule is CC(=O)N(C)c1ccc(NCC(=O)Nc2cccc(NC(=O)C(C)C)c2)cc1. The third kappa shape index (κ3) is 6.12. The first kappa shape index (κ1) is 21.0. The lowest BCUT2D eigenvalue weighted by Crippen LogP contribution is -2.23. The highest BCUT2D eigenvalue weighted by Gasteiger charge is 2.09. The predicted molar refractivity (Wildman–Crippen MR) is 113 cm³/mol. The second-order valence-electron chi connectivity index (χ2n) is 6.75. The Labute approximate surface area is 165 Å². The van der Waals surface area contributed by atoms with Crippen molar-refractivity contribution in [1.82, 2.24) is 0 Å². The minimum absolute atomic E-state index is 0.0492. The van der Waals surface area contributed by atoms with E-state index in [1.165, 1.54) is 6.92 Å². The number of hydrogen-bond acceptors (Lipinski definition) is 4. The third-order valence-corrected chi connectivity index (χ3v) is 4.12. The normalized spacial score (nSPS) is 10.3. The second-order valence-corrected chi connectivity index (χ2v) is 6.75. The van der Waals surface area contributed by atoms with Gasteiger partial charge in [-0.05, 0) is 42.5 Å². The van der Waals surface area contributed by atoms with E-state index in [2.05, 4.69) is 16.0 Å². The molecule has 7 nitrogen and oxygen atoms in total. The van der Waals surface area contributed by atoms with Gasteiger partial charge in [0, 0.05) is 42.6 Å². The monoisotopic (exact) mass is 382 g/mol. The Hall–Kier alpha value is -3.35. The average Bonchev–Trinajstić information content (AvgIpc) is 2.66. The first-order chi connectivity index (χ1) is 13.3. The summed E-state index contributed by atoms with van der Waals surface area (Å²) < 4.78 is 0. The van der Waals surface area contributed by atoms with E-state index in [9.17, 15) is 14.4 Å². The summed E-state index contributed by atoms with van der Waals surface area (Å²) in [5.41, 5.74) is 2.79. The summed E-state index contributed by atoms with van der Waals surface area (Å²) in [6.45, 7) is 5.22. The smallest absolute Gasteiger partial charge is 0.243 e. The molecule has 28 heavy (non-hydrogen) atoms. The van der Waals surface area contributed by atoms with Crippen LogP contribution in [0.4, 0.5) is 22.7 Å². The molecule has 0 saturated carbocycles. The van der Waals surface area contributed by atoms with Crippen LogP contribution < -0.4 is 20.9 Å². The van der Waals surface area contributed by atoms with Crippen LogP contribution in [0.15, 0.2) is 48.5 Å². The molecule has 0 aromatic heterocycles. The van der Waals surface area contributed by atoms with E-state index in [4.69, 9.17) is 0 Å². The van der Waals surface area contributed by atoms with Crippen molar-refractivity contribution in [3.05, 3.63) is 48.5 Å². The van der Waals surface area contributed by atoms with E-state index in [-0.39, 0.29) is 30.2 Å². The maximum Gasteiger partial charge on any atom is 0.243 e. The molecule has 0 bridgehead atoms. The van der Waals surface area contributed by atoms with Crippen LogP contribution in [0.2, 0.25) is 0 Å². The van der Waals surface area contributed by atoms with Crippen molar-refractivity contribution in [3.63, 3.8) is 0 Å². The molecule has 0 aliphatic carbocycles. The van der Waals surface area contributed by atoms with Gasteiger partial charge in [-0.2, -0.15) is 0 Å². The molecule has 0 spiro atoms. The van der Waals surface area contributed by atoms with Crippen LogP contribution in [0.25, 0.3) is 0 Å². The van der Waals surface area contributed by atoms with E-state index in [0.29, 0.717) is 11.4 Å². The number of rotatable bonds is 7. The molecule has 0 radical (unpaired) electrons. The molecule has 0 aliphatic heterocycles. The van der Waals surface area contributed by atoms with Gasteiger partial charge in [0.1, 0.15) is 0 Å². The Balaban J connectivity index is 1.89. The van der Waals surface area contributed by atoms with Gasteiger partial charge in [-0.3, -0.25) is 14.4 Å². The Morgan fingerprint density at radius 2 is 1.54 bits per heavy atom. The van der Waals surface area contributed by atoms with Crippen molar-refractivity contribution in [2.75, 3.05) is 34.4 Å². The van der Waals surface area contributed by atoms with E-state index in [1.807, 2.05) is 38.1 Å². The Morgan fingerprint density at radius 3 is 2.11 bits per heavy atom. The van der Waals surface area contributed by atoms with Gasteiger partial charge in [-0.15, -0.1) is 0 Å². The molecule has 2 aromatic rings. The number of hydrogen-bond donors (Lipinski definition) is 3. The van der Waals surface area contributed by atoms with E-state index < -0.39 is 0 Å². The summed E-state index contributed by atoms with van der Waals surface area (Å²) >= 11 is 0. The van der Waals surface area contributed by atoms with Gasteiger partial charge in [0.15, 0.2) is 0 Å². The molecule has 0 saturated heterocycles. The molecule has 3 amide bonds. The van der Waals surface area contributed by atoms with Gasteiger partial charge in [0.05, 0.1) is 6.54 Å². The first-order valence-electron chi connectivity index (χ1n) is 9.05. The van der Waals surface area contributed by atoms with Gasteiger partial charge >= 0.3 is 0 Å². The van der Waals surface area contributed by atoms with Gasteiger partial charge in [-0.25, -0.2) is 0 Å². The van der Waals surface area contributed by atoms with Crippen LogP contribution in [-0.2, 0) is 14.4 Å². The fourth-order valence-electron chi connectivity index (χ4n) is 2.33. The largest absolute Gasteiger partial charge is 0.376 e. The zero-order chi connectivity index (χ0) is 20.7. The fraction of sp³-hybridized carbons (Fsp3) is 0.286. The van der Waals surface area contributed by atoms with Crippen molar-refractivity contribution in [3.8, 4) is 0 Å². The van der Waals surface area contributed by atoms with Crippen LogP contribution in [-0.4, -0.2) is 31.3 Å². The first-order valence-corrected chi connectivity index (χ1v) is 9.05. The molecule has 0 unspecified atom stereocenters. The summed E-state index contributed by atoms with van der Waals surface area (Å²) in [4.78, 5) is 36.9. The van der Waals surface area contributed by atoms with Crippen LogP contribution >= 0.6 is 0 Å². The van der Waals surface area contributed by atoms with Gasteiger partial charge in [-0.1, -0.05) is 19.9 Å². The van der Waals surface area contributed by atoms with Crippen molar-refractivity contribution < 1.29 is 14.4 Å². The highest BCUT2D eigenvalue weighted by Crippen LogP contribution is 2.18. The second kappa shape index (κ2) is 9.55. The highest BCUT2D eigenvalue weighted by atomic mass is 16.2. The minimum atomic E-state index is -0.211. The maximum atomic E-state index is 12.2. The van der Waals surface area contributed by atoms with Crippen LogP contribution in [0.3, 0.4) is 0 Å². The third-order valence-electron chi connectivity index (χ3n) is 4.12. The molecule has 0 fully saturated rings. The van der Waals surface area contributed by atoms with Crippen LogP contribution in [0.1, 0.15) is 20.8 Å². The lowest BCUT2D eigenvalue weighted by atomic mass is 10.2. The van der Waals surface area contributed by atoms with Crippen molar-refractivity contribution in [2.45, 2.75) is 20.8 Å². The molecule has 0 aliphatic rings. The molecular weight excluding hydrogens is 356 g/mol.